The van der Waals surface area contributed by atoms with Crippen molar-refractivity contribution in [2.75, 3.05) is 0 Å². The zero-order chi connectivity index (χ0) is 10.3. The minimum absolute atomic E-state index is 0.413. The highest BCUT2D eigenvalue weighted by atomic mass is 17.3. The maximum atomic E-state index is 8.55. The molecule has 1 aromatic rings. The normalized spacial score (nSPS) is 33.5. The van der Waals surface area contributed by atoms with Crippen LogP contribution in [0.3, 0.4) is 0 Å². The molecule has 1 heterocycles. The predicted octanol–water partition coefficient (Wildman–Crippen LogP) is 2.00. The first-order valence-electron chi connectivity index (χ1n) is 5.07. The maximum absolute atomic E-state index is 8.55. The molecule has 2 unspecified atom stereocenters. The molecule has 1 N–H and O–H groups in total. The third kappa shape index (κ3) is 1.30. The summed E-state index contributed by atoms with van der Waals surface area (Å²) in [5.74, 6) is 0. The molecule has 15 heavy (non-hydrogen) atoms. The van der Waals surface area contributed by atoms with E-state index in [2.05, 4.69) is 11.0 Å². The van der Waals surface area contributed by atoms with E-state index >= 15 is 0 Å². The summed E-state index contributed by atoms with van der Waals surface area (Å²) >= 11 is 0. The number of fused-ring (bicyclic) bond motifs is 2. The number of aryl methyl sites for hydroxylation is 1. The lowest BCUT2D eigenvalue weighted by Gasteiger charge is -2.19. The number of benzene rings is 1. The van der Waals surface area contributed by atoms with Crippen molar-refractivity contribution < 1.29 is 19.9 Å². The van der Waals surface area contributed by atoms with Crippen LogP contribution in [-0.2, 0) is 26.7 Å². The van der Waals surface area contributed by atoms with Crippen molar-refractivity contribution in [2.24, 2.45) is 0 Å². The summed E-state index contributed by atoms with van der Waals surface area (Å²) in [6.07, 6.45) is 1.74. The fraction of sp³-hybridized carbons (Fsp3) is 0.455. The predicted molar refractivity (Wildman–Crippen MR) is 50.7 cm³/mol. The zero-order valence-corrected chi connectivity index (χ0v) is 8.18. The van der Waals surface area contributed by atoms with Gasteiger partial charge in [0.25, 0.3) is 0 Å². The van der Waals surface area contributed by atoms with E-state index in [9.17, 15) is 0 Å². The Bertz CT molecular complexity index is 379. The highest BCUT2D eigenvalue weighted by Gasteiger charge is 2.48. The Morgan fingerprint density at radius 1 is 1.40 bits per heavy atom. The van der Waals surface area contributed by atoms with Gasteiger partial charge < -0.3 is 0 Å². The average Bonchev–Trinajstić information content (AvgIpc) is 2.86. The van der Waals surface area contributed by atoms with E-state index in [1.165, 1.54) is 5.56 Å². The van der Waals surface area contributed by atoms with Crippen LogP contribution in [-0.4, -0.2) is 11.5 Å². The van der Waals surface area contributed by atoms with Gasteiger partial charge in [-0.15, -0.1) is 0 Å². The Balaban J connectivity index is 1.96. The Hall–Kier alpha value is -0.940. The van der Waals surface area contributed by atoms with Crippen molar-refractivity contribution in [3.63, 3.8) is 0 Å². The van der Waals surface area contributed by atoms with Gasteiger partial charge in [-0.25, -0.2) is 19.9 Å². The van der Waals surface area contributed by atoms with Gasteiger partial charge in [0.05, 0.1) is 0 Å². The van der Waals surface area contributed by atoms with Gasteiger partial charge in [0.1, 0.15) is 5.60 Å². The molecule has 1 aliphatic carbocycles. The van der Waals surface area contributed by atoms with E-state index in [1.807, 2.05) is 18.2 Å². The average molecular weight is 208 g/mol. The fourth-order valence-corrected chi connectivity index (χ4v) is 2.49. The summed E-state index contributed by atoms with van der Waals surface area (Å²) in [4.78, 5) is 14.4. The summed E-state index contributed by atoms with van der Waals surface area (Å²) in [7, 11) is 0. The first kappa shape index (κ1) is 9.30. The van der Waals surface area contributed by atoms with Crippen LogP contribution in [0.15, 0.2) is 24.3 Å². The molecule has 2 aliphatic rings. The molecular weight excluding hydrogens is 196 g/mol. The van der Waals surface area contributed by atoms with Crippen LogP contribution in [0.2, 0.25) is 0 Å². The number of hydrogen-bond acceptors (Lipinski definition) is 4. The second-order valence-corrected chi connectivity index (χ2v) is 4.07. The fourth-order valence-electron chi connectivity index (χ4n) is 2.49. The van der Waals surface area contributed by atoms with Gasteiger partial charge in [0.2, 0.25) is 6.29 Å². The van der Waals surface area contributed by atoms with E-state index in [4.69, 9.17) is 15.0 Å². The topological polar surface area (TPSA) is 47.9 Å². The SMILES string of the molecule is OOC1CC2(CCc3ccccc32)OO1. The minimum Gasteiger partial charge on any atom is -0.249 e. The summed E-state index contributed by atoms with van der Waals surface area (Å²) < 4.78 is 0. The maximum Gasteiger partial charge on any atom is 0.227 e. The molecule has 3 rings (SSSR count). The Morgan fingerprint density at radius 2 is 2.27 bits per heavy atom. The zero-order valence-electron chi connectivity index (χ0n) is 8.18. The molecular formula is C11H12O4. The first-order valence-corrected chi connectivity index (χ1v) is 5.07. The van der Waals surface area contributed by atoms with Crippen molar-refractivity contribution in [3.05, 3.63) is 35.4 Å². The minimum atomic E-state index is -0.670. The molecule has 0 amide bonds. The molecule has 2 atom stereocenters. The van der Waals surface area contributed by atoms with E-state index in [1.54, 1.807) is 0 Å². The summed E-state index contributed by atoms with van der Waals surface area (Å²) in [6.45, 7) is 0. The summed E-state index contributed by atoms with van der Waals surface area (Å²) in [5.41, 5.74) is 2.04. The first-order chi connectivity index (χ1) is 7.34. The Morgan fingerprint density at radius 3 is 3.07 bits per heavy atom. The summed E-state index contributed by atoms with van der Waals surface area (Å²) in [6, 6.07) is 8.15. The molecule has 1 aromatic carbocycles. The van der Waals surface area contributed by atoms with Crippen molar-refractivity contribution in [2.45, 2.75) is 31.2 Å². The molecule has 4 heteroatoms. The van der Waals surface area contributed by atoms with Gasteiger partial charge in [-0.3, -0.25) is 0 Å². The largest absolute Gasteiger partial charge is 0.249 e. The monoisotopic (exact) mass is 208 g/mol. The van der Waals surface area contributed by atoms with Crippen molar-refractivity contribution in [3.8, 4) is 0 Å². The van der Waals surface area contributed by atoms with Crippen LogP contribution in [0.1, 0.15) is 24.0 Å². The smallest absolute Gasteiger partial charge is 0.227 e. The van der Waals surface area contributed by atoms with Gasteiger partial charge in [-0.2, -0.15) is 0 Å². The Kier molecular flexibility index (Phi) is 2.03. The summed E-state index contributed by atoms with van der Waals surface area (Å²) in [5, 5.41) is 8.55. The quantitative estimate of drug-likeness (QED) is 0.566. The van der Waals surface area contributed by atoms with Gasteiger partial charge >= 0.3 is 0 Å². The second-order valence-electron chi connectivity index (χ2n) is 4.07. The number of rotatable bonds is 1. The van der Waals surface area contributed by atoms with Crippen molar-refractivity contribution >= 4 is 0 Å². The third-order valence-corrected chi connectivity index (χ3v) is 3.24. The molecule has 1 saturated heterocycles. The van der Waals surface area contributed by atoms with Crippen molar-refractivity contribution in [1.29, 1.82) is 0 Å². The van der Waals surface area contributed by atoms with E-state index in [0.717, 1.165) is 18.4 Å². The van der Waals surface area contributed by atoms with Gasteiger partial charge in [0.15, 0.2) is 0 Å². The van der Waals surface area contributed by atoms with Crippen molar-refractivity contribution in [1.82, 2.24) is 0 Å². The highest BCUT2D eigenvalue weighted by Crippen LogP contribution is 2.47. The van der Waals surface area contributed by atoms with Gasteiger partial charge in [0, 0.05) is 6.42 Å². The van der Waals surface area contributed by atoms with Crippen LogP contribution in [0.5, 0.6) is 0 Å². The van der Waals surface area contributed by atoms with Crippen LogP contribution >= 0.6 is 0 Å². The van der Waals surface area contributed by atoms with E-state index in [-0.39, 0.29) is 0 Å². The molecule has 1 aliphatic heterocycles. The van der Waals surface area contributed by atoms with E-state index in [0.29, 0.717) is 6.42 Å². The Labute approximate surface area is 87.2 Å². The van der Waals surface area contributed by atoms with Crippen LogP contribution in [0, 0.1) is 0 Å². The van der Waals surface area contributed by atoms with Crippen LogP contribution in [0.4, 0.5) is 0 Å². The molecule has 0 saturated carbocycles. The lowest BCUT2D eigenvalue weighted by molar-refractivity contribution is -0.425. The van der Waals surface area contributed by atoms with Crippen LogP contribution in [0.25, 0.3) is 0 Å². The number of hydrogen-bond donors (Lipinski definition) is 1. The van der Waals surface area contributed by atoms with Crippen LogP contribution < -0.4 is 0 Å². The molecule has 0 bridgehead atoms. The molecule has 80 valence electrons. The lowest BCUT2D eigenvalue weighted by atomic mass is 9.93. The molecule has 4 nitrogen and oxygen atoms in total. The molecule has 1 fully saturated rings. The third-order valence-electron chi connectivity index (χ3n) is 3.24. The molecule has 0 aromatic heterocycles. The van der Waals surface area contributed by atoms with E-state index < -0.39 is 11.9 Å². The highest BCUT2D eigenvalue weighted by molar-refractivity contribution is 5.37. The lowest BCUT2D eigenvalue weighted by Crippen LogP contribution is -2.22. The standard InChI is InChI=1S/C11H12O4/c12-13-10-7-11(15-14-10)6-5-8-3-1-2-4-9(8)11/h1-4,10,12H,5-7H2. The molecule has 0 radical (unpaired) electrons. The van der Waals surface area contributed by atoms with Gasteiger partial charge in [-0.05, 0) is 24.0 Å². The van der Waals surface area contributed by atoms with Gasteiger partial charge in [-0.1, -0.05) is 24.3 Å². The second kappa shape index (κ2) is 3.28. The molecule has 1 spiro atoms.